The minimum atomic E-state index is 0.160. The number of nitriles is 1. The van der Waals surface area contributed by atoms with Gasteiger partial charge in [-0.1, -0.05) is 63.2 Å². The van der Waals surface area contributed by atoms with E-state index in [0.29, 0.717) is 0 Å². The first-order valence-corrected chi connectivity index (χ1v) is 10.3. The van der Waals surface area contributed by atoms with Crippen molar-refractivity contribution in [2.45, 2.75) is 52.3 Å². The number of benzene rings is 2. The number of unbranched alkanes of at least 4 members (excludes halogenated alkanes) is 2. The number of hydrogen-bond acceptors (Lipinski definition) is 2. The van der Waals surface area contributed by atoms with Gasteiger partial charge < -0.3 is 9.30 Å². The van der Waals surface area contributed by atoms with Crippen LogP contribution in [0.4, 0.5) is 0 Å². The van der Waals surface area contributed by atoms with Gasteiger partial charge >= 0.3 is 0 Å². The van der Waals surface area contributed by atoms with Crippen molar-refractivity contribution < 1.29 is 4.74 Å². The second kappa shape index (κ2) is 9.51. The Balaban J connectivity index is 1.86. The largest absolute Gasteiger partial charge is 0.496 e. The Hall–Kier alpha value is -2.67. The monoisotopic (exact) mass is 372 g/mol. The molecule has 0 atom stereocenters. The van der Waals surface area contributed by atoms with E-state index in [-0.39, 0.29) is 6.71 Å². The number of fused-ring (bicyclic) bond motifs is 1. The van der Waals surface area contributed by atoms with Gasteiger partial charge in [0.15, 0.2) is 0 Å². The van der Waals surface area contributed by atoms with Crippen LogP contribution in [0.3, 0.4) is 0 Å². The fourth-order valence-electron chi connectivity index (χ4n) is 3.85. The third-order valence-corrected chi connectivity index (χ3v) is 5.51. The molecule has 28 heavy (non-hydrogen) atoms. The molecule has 0 saturated carbocycles. The number of aryl methyl sites for hydroxylation is 2. The van der Waals surface area contributed by atoms with E-state index in [0.717, 1.165) is 44.3 Å². The van der Waals surface area contributed by atoms with Crippen LogP contribution < -0.4 is 4.74 Å². The van der Waals surface area contributed by atoms with Crippen LogP contribution in [0, 0.1) is 11.2 Å². The summed E-state index contributed by atoms with van der Waals surface area (Å²) in [6, 6.07) is 17.4. The maximum Gasteiger partial charge on any atom is 0.264 e. The molecule has 3 nitrogen and oxygen atoms in total. The molecule has 0 aliphatic carbocycles. The van der Waals surface area contributed by atoms with Crippen LogP contribution in [0.5, 0.6) is 5.75 Å². The highest BCUT2D eigenvalue weighted by Gasteiger charge is 2.13. The van der Waals surface area contributed by atoms with Gasteiger partial charge in [0.05, 0.1) is 7.11 Å². The molecule has 0 N–H and O–H groups in total. The third-order valence-electron chi connectivity index (χ3n) is 5.51. The topological polar surface area (TPSA) is 38.0 Å². The van der Waals surface area contributed by atoms with E-state index in [1.807, 2.05) is 6.82 Å². The first-order chi connectivity index (χ1) is 13.7. The van der Waals surface area contributed by atoms with Crippen molar-refractivity contribution in [2.24, 2.45) is 0 Å². The van der Waals surface area contributed by atoms with Crippen LogP contribution >= 0.6 is 0 Å². The highest BCUT2D eigenvalue weighted by atomic mass is 16.5. The van der Waals surface area contributed by atoms with Crippen LogP contribution in [0.2, 0.25) is 13.1 Å². The molecule has 0 fully saturated rings. The van der Waals surface area contributed by atoms with Gasteiger partial charge in [-0.05, 0) is 36.6 Å². The fraction of sp³-hybridized carbons (Fsp3) is 0.375. The lowest BCUT2D eigenvalue weighted by Gasteiger charge is -2.13. The minimum absolute atomic E-state index is 0.160. The summed E-state index contributed by atoms with van der Waals surface area (Å²) in [5, 5.41) is 10.2. The van der Waals surface area contributed by atoms with Crippen LogP contribution in [-0.2, 0) is 13.0 Å². The minimum Gasteiger partial charge on any atom is -0.496 e. The van der Waals surface area contributed by atoms with E-state index in [1.165, 1.54) is 27.7 Å². The van der Waals surface area contributed by atoms with Gasteiger partial charge in [-0.25, -0.2) is 5.26 Å². The van der Waals surface area contributed by atoms with Crippen molar-refractivity contribution in [3.63, 3.8) is 0 Å². The summed E-state index contributed by atoms with van der Waals surface area (Å²) in [6.45, 7) is 5.31. The lowest BCUT2D eigenvalue weighted by Crippen LogP contribution is -2.04. The average molecular weight is 372 g/mol. The summed E-state index contributed by atoms with van der Waals surface area (Å²) >= 11 is 0. The molecule has 0 saturated heterocycles. The van der Waals surface area contributed by atoms with Crippen molar-refractivity contribution in [2.75, 3.05) is 7.11 Å². The molecule has 4 heteroatoms. The molecule has 144 valence electrons. The zero-order chi connectivity index (χ0) is 19.9. The molecule has 1 heterocycles. The highest BCUT2D eigenvalue weighted by molar-refractivity contribution is 6.65. The Bertz CT molecular complexity index is 970. The molecule has 0 aliphatic heterocycles. The number of ether oxygens (including phenoxy) is 1. The van der Waals surface area contributed by atoms with E-state index in [1.54, 1.807) is 7.11 Å². The normalized spacial score (nSPS) is 10.8. The lowest BCUT2D eigenvalue weighted by atomic mass is 9.51. The number of nitrogens with zero attached hydrogens (tertiary/aromatic N) is 2. The van der Waals surface area contributed by atoms with Gasteiger partial charge in [0.1, 0.15) is 5.75 Å². The SMILES string of the molecule is CCc1ccc(-c2cc3ccccc3n2CCCCCB(C)C#N)cc1OC. The quantitative estimate of drug-likeness (QED) is 0.329. The first kappa shape index (κ1) is 20.1. The number of para-hydroxylation sites is 1. The summed E-state index contributed by atoms with van der Waals surface area (Å²) in [5.41, 5.74) is 4.96. The van der Waals surface area contributed by atoms with E-state index < -0.39 is 0 Å². The van der Waals surface area contributed by atoms with Gasteiger partial charge in [0.25, 0.3) is 6.71 Å². The average Bonchev–Trinajstić information content (AvgIpc) is 3.11. The van der Waals surface area contributed by atoms with Crippen LogP contribution in [0.25, 0.3) is 22.2 Å². The van der Waals surface area contributed by atoms with Gasteiger partial charge in [-0.3, -0.25) is 0 Å². The molecule has 2 aromatic carbocycles. The third kappa shape index (κ3) is 4.42. The molecule has 0 unspecified atom stereocenters. The van der Waals surface area contributed by atoms with Gasteiger partial charge in [-0.15, -0.1) is 0 Å². The molecule has 0 radical (unpaired) electrons. The molecule has 0 bridgehead atoms. The Morgan fingerprint density at radius 3 is 2.64 bits per heavy atom. The van der Waals surface area contributed by atoms with E-state index >= 15 is 0 Å². The maximum atomic E-state index is 8.94. The van der Waals surface area contributed by atoms with Gasteiger partial charge in [0, 0.05) is 34.7 Å². The summed E-state index contributed by atoms with van der Waals surface area (Å²) in [7, 11) is 1.75. The summed E-state index contributed by atoms with van der Waals surface area (Å²) in [5.74, 6) is 3.29. The fourth-order valence-corrected chi connectivity index (χ4v) is 3.85. The summed E-state index contributed by atoms with van der Waals surface area (Å²) in [6.07, 6.45) is 5.34. The molecule has 1 aromatic heterocycles. The van der Waals surface area contributed by atoms with Crippen LogP contribution in [0.1, 0.15) is 31.7 Å². The van der Waals surface area contributed by atoms with Crippen molar-refractivity contribution in [1.29, 1.82) is 5.26 Å². The van der Waals surface area contributed by atoms with Crippen molar-refractivity contribution in [3.8, 4) is 23.0 Å². The van der Waals surface area contributed by atoms with Crippen molar-refractivity contribution >= 4 is 17.6 Å². The molecule has 0 aliphatic rings. The van der Waals surface area contributed by atoms with Crippen molar-refractivity contribution in [1.82, 2.24) is 4.57 Å². The number of rotatable bonds is 9. The Morgan fingerprint density at radius 1 is 1.07 bits per heavy atom. The summed E-state index contributed by atoms with van der Waals surface area (Å²) in [4.78, 5) is 0. The smallest absolute Gasteiger partial charge is 0.264 e. The number of methoxy groups -OCH3 is 1. The molecule has 0 amide bonds. The second-order valence-corrected chi connectivity index (χ2v) is 7.50. The summed E-state index contributed by atoms with van der Waals surface area (Å²) < 4.78 is 8.06. The van der Waals surface area contributed by atoms with Gasteiger partial charge in [0.2, 0.25) is 0 Å². The van der Waals surface area contributed by atoms with E-state index in [4.69, 9.17) is 10.00 Å². The standard InChI is InChI=1S/C24H29BN2O/c1-4-19-12-13-21(17-24(19)28-3)23-16-20-10-6-7-11-22(20)27(23)15-9-5-8-14-25(2)18-26/h6-7,10-13,16-17H,4-5,8-9,14-15H2,1-3H3. The number of hydrogen-bond donors (Lipinski definition) is 0. The highest BCUT2D eigenvalue weighted by Crippen LogP contribution is 2.32. The molecular weight excluding hydrogens is 343 g/mol. The second-order valence-electron chi connectivity index (χ2n) is 7.50. The molecule has 0 spiro atoms. The predicted molar refractivity (Wildman–Crippen MR) is 119 cm³/mol. The Kier molecular flexibility index (Phi) is 6.82. The zero-order valence-electron chi connectivity index (χ0n) is 17.2. The zero-order valence-corrected chi connectivity index (χ0v) is 17.2. The van der Waals surface area contributed by atoms with Crippen molar-refractivity contribution in [3.05, 3.63) is 54.1 Å². The van der Waals surface area contributed by atoms with E-state index in [2.05, 4.69) is 66.0 Å². The number of aromatic nitrogens is 1. The Labute approximate surface area is 169 Å². The lowest BCUT2D eigenvalue weighted by molar-refractivity contribution is 0.410. The van der Waals surface area contributed by atoms with Gasteiger partial charge in [-0.2, -0.15) is 0 Å². The molecule has 3 aromatic rings. The van der Waals surface area contributed by atoms with Crippen LogP contribution in [-0.4, -0.2) is 18.4 Å². The predicted octanol–water partition coefficient (Wildman–Crippen LogP) is 6.24. The molecule has 3 rings (SSSR count). The molecular formula is C24H29BN2O. The van der Waals surface area contributed by atoms with Crippen LogP contribution in [0.15, 0.2) is 48.5 Å². The maximum absolute atomic E-state index is 8.94. The Morgan fingerprint density at radius 2 is 1.89 bits per heavy atom. The van der Waals surface area contributed by atoms with E-state index in [9.17, 15) is 0 Å². The first-order valence-electron chi connectivity index (χ1n) is 10.3.